The number of hydrogen-bond acceptors (Lipinski definition) is 2. The lowest BCUT2D eigenvalue weighted by atomic mass is 10.1. The zero-order valence-electron chi connectivity index (χ0n) is 16.8. The molecule has 2 aromatic rings. The van der Waals surface area contributed by atoms with E-state index >= 15 is 0 Å². The van der Waals surface area contributed by atoms with Gasteiger partial charge in [0.1, 0.15) is 5.82 Å². The van der Waals surface area contributed by atoms with Crippen LogP contribution in [0.5, 0.6) is 0 Å². The molecule has 148 valence electrons. The first-order valence-electron chi connectivity index (χ1n) is 10.3. The van der Waals surface area contributed by atoms with Crippen LogP contribution >= 0.6 is 0 Å². The van der Waals surface area contributed by atoms with Crippen LogP contribution in [0.15, 0.2) is 36.4 Å². The van der Waals surface area contributed by atoms with Gasteiger partial charge in [0.25, 0.3) is 0 Å². The maximum absolute atomic E-state index is 12.1. The fourth-order valence-corrected chi connectivity index (χ4v) is 3.13. The van der Waals surface area contributed by atoms with Gasteiger partial charge in [0.2, 0.25) is 0 Å². The maximum Gasteiger partial charge on any atom is 0.320 e. The van der Waals surface area contributed by atoms with Crippen molar-refractivity contribution < 1.29 is 4.79 Å². The summed E-state index contributed by atoms with van der Waals surface area (Å²) in [6.45, 7) is 2.96. The van der Waals surface area contributed by atoms with Crippen LogP contribution in [0, 0.1) is 0 Å². The van der Waals surface area contributed by atoms with Crippen LogP contribution < -0.4 is 10.6 Å². The van der Waals surface area contributed by atoms with Crippen LogP contribution in [0.25, 0.3) is 11.3 Å². The van der Waals surface area contributed by atoms with Crippen molar-refractivity contribution in [2.75, 3.05) is 11.9 Å². The summed E-state index contributed by atoms with van der Waals surface area (Å²) >= 11 is 0. The molecule has 0 unspecified atom stereocenters. The predicted molar refractivity (Wildman–Crippen MR) is 113 cm³/mol. The Labute approximate surface area is 163 Å². The largest absolute Gasteiger partial charge is 0.338 e. The lowest BCUT2D eigenvalue weighted by molar-refractivity contribution is 0.251. The molecule has 0 saturated carbocycles. The third-order valence-electron chi connectivity index (χ3n) is 4.76. The zero-order chi connectivity index (χ0) is 19.3. The van der Waals surface area contributed by atoms with E-state index in [1.807, 2.05) is 43.4 Å². The molecule has 2 rings (SSSR count). The van der Waals surface area contributed by atoms with Crippen molar-refractivity contribution in [3.05, 3.63) is 36.4 Å². The van der Waals surface area contributed by atoms with E-state index in [-0.39, 0.29) is 6.03 Å². The number of carbonyl (C=O) groups is 1. The van der Waals surface area contributed by atoms with Crippen molar-refractivity contribution in [2.24, 2.45) is 7.05 Å². The third kappa shape index (κ3) is 7.85. The quantitative estimate of drug-likeness (QED) is 0.468. The summed E-state index contributed by atoms with van der Waals surface area (Å²) in [6, 6.07) is 11.7. The number of nitrogens with one attached hydrogen (secondary N) is 2. The molecule has 0 aliphatic heterocycles. The molecule has 2 amide bonds. The number of hydrogen-bond donors (Lipinski definition) is 2. The van der Waals surface area contributed by atoms with Crippen LogP contribution in [0.4, 0.5) is 10.6 Å². The van der Waals surface area contributed by atoms with Crippen LogP contribution in [0.3, 0.4) is 0 Å². The SMILES string of the molecule is CCCCCCCCCCCNC(=O)Nc1cc(-c2ccccc2)nn1C. The summed E-state index contributed by atoms with van der Waals surface area (Å²) in [7, 11) is 1.84. The van der Waals surface area contributed by atoms with E-state index < -0.39 is 0 Å². The average molecular weight is 371 g/mol. The molecule has 0 aliphatic carbocycles. The minimum atomic E-state index is -0.169. The molecule has 0 spiro atoms. The van der Waals surface area contributed by atoms with Gasteiger partial charge in [-0.25, -0.2) is 4.79 Å². The van der Waals surface area contributed by atoms with Crippen LogP contribution in [0.1, 0.15) is 64.7 Å². The van der Waals surface area contributed by atoms with Crippen molar-refractivity contribution in [3.8, 4) is 11.3 Å². The molecule has 5 nitrogen and oxygen atoms in total. The number of aryl methyl sites for hydroxylation is 1. The molecule has 27 heavy (non-hydrogen) atoms. The highest BCUT2D eigenvalue weighted by Crippen LogP contribution is 2.20. The number of carbonyl (C=O) groups excluding carboxylic acids is 1. The van der Waals surface area contributed by atoms with Gasteiger partial charge in [0.15, 0.2) is 0 Å². The van der Waals surface area contributed by atoms with Crippen LogP contribution in [-0.4, -0.2) is 22.4 Å². The summed E-state index contributed by atoms with van der Waals surface area (Å²) in [5, 5.41) is 10.3. The number of anilines is 1. The fraction of sp³-hybridized carbons (Fsp3) is 0.545. The zero-order valence-corrected chi connectivity index (χ0v) is 16.8. The van der Waals surface area contributed by atoms with Gasteiger partial charge in [-0.15, -0.1) is 0 Å². The van der Waals surface area contributed by atoms with Gasteiger partial charge in [-0.3, -0.25) is 10.00 Å². The second-order valence-electron chi connectivity index (χ2n) is 7.11. The Kier molecular flexibility index (Phi) is 9.45. The van der Waals surface area contributed by atoms with Gasteiger partial charge < -0.3 is 5.32 Å². The first-order chi connectivity index (χ1) is 13.2. The number of rotatable bonds is 12. The highest BCUT2D eigenvalue weighted by molar-refractivity contribution is 5.89. The molecule has 0 radical (unpaired) electrons. The Morgan fingerprint density at radius 2 is 1.59 bits per heavy atom. The molecule has 0 atom stereocenters. The molecule has 1 aromatic heterocycles. The van der Waals surface area contributed by atoms with Gasteiger partial charge in [0.05, 0.1) is 5.69 Å². The standard InChI is InChI=1S/C22H34N4O/c1-3-4-5-6-7-8-9-10-14-17-23-22(27)24-21-18-20(25-26(21)2)19-15-12-11-13-16-19/h11-13,15-16,18H,3-10,14,17H2,1-2H3,(H2,23,24,27). The van der Waals surface area contributed by atoms with Gasteiger partial charge in [0, 0.05) is 25.2 Å². The Hall–Kier alpha value is -2.30. The molecule has 2 N–H and O–H groups in total. The van der Waals surface area contributed by atoms with E-state index in [1.54, 1.807) is 4.68 Å². The minimum absolute atomic E-state index is 0.169. The molecule has 5 heteroatoms. The van der Waals surface area contributed by atoms with E-state index in [0.29, 0.717) is 12.4 Å². The molecule has 1 aromatic carbocycles. The highest BCUT2D eigenvalue weighted by Gasteiger charge is 2.09. The Morgan fingerprint density at radius 1 is 0.963 bits per heavy atom. The van der Waals surface area contributed by atoms with Crippen molar-refractivity contribution in [2.45, 2.75) is 64.7 Å². The molecule has 0 saturated heterocycles. The fourth-order valence-electron chi connectivity index (χ4n) is 3.13. The predicted octanol–water partition coefficient (Wildman–Crippen LogP) is 5.74. The smallest absolute Gasteiger partial charge is 0.320 e. The number of aromatic nitrogens is 2. The van der Waals surface area contributed by atoms with Gasteiger partial charge >= 0.3 is 6.03 Å². The first-order valence-corrected chi connectivity index (χ1v) is 10.3. The van der Waals surface area contributed by atoms with Crippen molar-refractivity contribution in [1.29, 1.82) is 0 Å². The Bertz CT molecular complexity index is 666. The van der Waals surface area contributed by atoms with E-state index in [4.69, 9.17) is 0 Å². The van der Waals surface area contributed by atoms with Gasteiger partial charge in [-0.1, -0.05) is 88.6 Å². The second-order valence-corrected chi connectivity index (χ2v) is 7.11. The van der Waals surface area contributed by atoms with Crippen molar-refractivity contribution in [3.63, 3.8) is 0 Å². The monoisotopic (exact) mass is 370 g/mol. The third-order valence-corrected chi connectivity index (χ3v) is 4.76. The van der Waals surface area contributed by atoms with E-state index in [1.165, 1.54) is 51.4 Å². The number of nitrogens with zero attached hydrogens (tertiary/aromatic N) is 2. The van der Waals surface area contributed by atoms with Crippen LogP contribution in [0.2, 0.25) is 0 Å². The van der Waals surface area contributed by atoms with E-state index in [9.17, 15) is 4.79 Å². The average Bonchev–Trinajstić information content (AvgIpc) is 3.04. The van der Waals surface area contributed by atoms with E-state index in [2.05, 4.69) is 22.7 Å². The Morgan fingerprint density at radius 3 is 2.26 bits per heavy atom. The first kappa shape index (κ1) is 21.0. The van der Waals surface area contributed by atoms with E-state index in [0.717, 1.165) is 17.7 Å². The van der Waals surface area contributed by atoms with Crippen molar-refractivity contribution in [1.82, 2.24) is 15.1 Å². The van der Waals surface area contributed by atoms with Crippen molar-refractivity contribution >= 4 is 11.8 Å². The van der Waals surface area contributed by atoms with Gasteiger partial charge in [-0.2, -0.15) is 5.10 Å². The molecular formula is C22H34N4O. The summed E-state index contributed by atoms with van der Waals surface area (Å²) in [6.07, 6.45) is 11.5. The lowest BCUT2D eigenvalue weighted by Crippen LogP contribution is -2.30. The minimum Gasteiger partial charge on any atom is -0.338 e. The molecule has 1 heterocycles. The maximum atomic E-state index is 12.1. The second kappa shape index (κ2) is 12.2. The normalized spacial score (nSPS) is 10.7. The molecule has 0 aliphatic rings. The molecule has 0 fully saturated rings. The Balaban J connectivity index is 1.60. The summed E-state index contributed by atoms with van der Waals surface area (Å²) < 4.78 is 1.69. The lowest BCUT2D eigenvalue weighted by Gasteiger charge is -2.07. The summed E-state index contributed by atoms with van der Waals surface area (Å²) in [4.78, 5) is 12.1. The number of amides is 2. The van der Waals surface area contributed by atoms with Gasteiger partial charge in [-0.05, 0) is 6.42 Å². The number of unbranched alkanes of at least 4 members (excludes halogenated alkanes) is 8. The number of benzene rings is 1. The topological polar surface area (TPSA) is 59.0 Å². The molecule has 0 bridgehead atoms. The summed E-state index contributed by atoms with van der Waals surface area (Å²) in [5.74, 6) is 0.693. The van der Waals surface area contributed by atoms with Crippen LogP contribution in [-0.2, 0) is 7.05 Å². The highest BCUT2D eigenvalue weighted by atomic mass is 16.2. The molecular weight excluding hydrogens is 336 g/mol. The summed E-state index contributed by atoms with van der Waals surface area (Å²) in [5.41, 5.74) is 1.89. The number of urea groups is 1.